The van der Waals surface area contributed by atoms with Gasteiger partial charge in [-0.1, -0.05) is 13.0 Å². The Hall–Kier alpha value is -1.62. The van der Waals surface area contributed by atoms with Gasteiger partial charge in [0.2, 0.25) is 0 Å². The van der Waals surface area contributed by atoms with E-state index in [0.29, 0.717) is 0 Å². The minimum absolute atomic E-state index is 0.0382. The number of nitro benzene ring substituents is 1. The van der Waals surface area contributed by atoms with Crippen LogP contribution in [-0.4, -0.2) is 23.7 Å². The molecule has 0 fully saturated rings. The lowest BCUT2D eigenvalue weighted by atomic mass is 10.0. The van der Waals surface area contributed by atoms with Crippen molar-refractivity contribution >= 4 is 5.69 Å². The highest BCUT2D eigenvalue weighted by atomic mass is 16.6. The predicted octanol–water partition coefficient (Wildman–Crippen LogP) is 1.70. The molecule has 5 heteroatoms. The number of ether oxygens (including phenoxy) is 1. The molecule has 0 radical (unpaired) electrons. The number of nitro groups is 1. The summed E-state index contributed by atoms with van der Waals surface area (Å²) in [6, 6.07) is 4.69. The Morgan fingerprint density at radius 3 is 2.73 bits per heavy atom. The van der Waals surface area contributed by atoms with Crippen LogP contribution in [0.5, 0.6) is 5.75 Å². The van der Waals surface area contributed by atoms with Crippen LogP contribution in [0.25, 0.3) is 0 Å². The zero-order valence-corrected chi connectivity index (χ0v) is 8.64. The largest absolute Gasteiger partial charge is 0.490 e. The first-order chi connectivity index (χ1) is 7.10. The monoisotopic (exact) mass is 211 g/mol. The van der Waals surface area contributed by atoms with E-state index in [9.17, 15) is 10.1 Å². The number of nitrogens with zero attached hydrogens (tertiary/aromatic N) is 1. The van der Waals surface area contributed by atoms with Gasteiger partial charge in [0.25, 0.3) is 0 Å². The Bertz CT molecular complexity index is 364. The average Bonchev–Trinajstić information content (AvgIpc) is 2.27. The summed E-state index contributed by atoms with van der Waals surface area (Å²) in [6.07, 6.45) is 0. The van der Waals surface area contributed by atoms with Gasteiger partial charge in [-0.25, -0.2) is 0 Å². The van der Waals surface area contributed by atoms with Gasteiger partial charge >= 0.3 is 5.69 Å². The van der Waals surface area contributed by atoms with Crippen LogP contribution in [0.15, 0.2) is 18.2 Å². The number of hydrogen-bond donors (Lipinski definition) is 1. The second-order valence-electron chi connectivity index (χ2n) is 3.27. The molecule has 15 heavy (non-hydrogen) atoms. The third kappa shape index (κ3) is 2.44. The number of rotatable bonds is 4. The molecule has 0 aliphatic heterocycles. The molecule has 1 aromatic carbocycles. The van der Waals surface area contributed by atoms with E-state index in [2.05, 4.69) is 0 Å². The number of hydrogen-bond acceptors (Lipinski definition) is 4. The SMILES string of the molecule is COc1ccc(C(C)CO)cc1[N+](=O)[O-]. The van der Waals surface area contributed by atoms with Crippen LogP contribution >= 0.6 is 0 Å². The number of aliphatic hydroxyl groups excluding tert-OH is 1. The summed E-state index contributed by atoms with van der Waals surface area (Å²) < 4.78 is 4.87. The lowest BCUT2D eigenvalue weighted by molar-refractivity contribution is -0.385. The molecular formula is C10H13NO4. The highest BCUT2D eigenvalue weighted by Crippen LogP contribution is 2.30. The zero-order valence-electron chi connectivity index (χ0n) is 8.64. The van der Waals surface area contributed by atoms with Crippen molar-refractivity contribution in [3.8, 4) is 5.75 Å². The first-order valence-electron chi connectivity index (χ1n) is 4.53. The molecule has 0 saturated carbocycles. The lowest BCUT2D eigenvalue weighted by Gasteiger charge is -2.09. The molecule has 1 atom stereocenters. The van der Waals surface area contributed by atoms with Gasteiger partial charge in [0.1, 0.15) is 0 Å². The van der Waals surface area contributed by atoms with Crippen molar-refractivity contribution in [1.29, 1.82) is 0 Å². The Kier molecular flexibility index (Phi) is 3.62. The van der Waals surface area contributed by atoms with Gasteiger partial charge in [-0.2, -0.15) is 0 Å². The second kappa shape index (κ2) is 4.75. The van der Waals surface area contributed by atoms with Crippen molar-refractivity contribution in [3.63, 3.8) is 0 Å². The van der Waals surface area contributed by atoms with Crippen molar-refractivity contribution < 1.29 is 14.8 Å². The van der Waals surface area contributed by atoms with Crippen molar-refractivity contribution in [2.75, 3.05) is 13.7 Å². The maximum Gasteiger partial charge on any atom is 0.311 e. The molecule has 0 bridgehead atoms. The van der Waals surface area contributed by atoms with Gasteiger partial charge in [-0.15, -0.1) is 0 Å². The molecule has 0 heterocycles. The molecule has 0 aromatic heterocycles. The quantitative estimate of drug-likeness (QED) is 0.607. The molecule has 1 N–H and O–H groups in total. The molecule has 82 valence electrons. The highest BCUT2D eigenvalue weighted by molar-refractivity contribution is 5.49. The summed E-state index contributed by atoms with van der Waals surface area (Å²) in [4.78, 5) is 10.2. The fraction of sp³-hybridized carbons (Fsp3) is 0.400. The standard InChI is InChI=1S/C10H13NO4/c1-7(6-12)8-3-4-10(15-2)9(5-8)11(13)14/h3-5,7,12H,6H2,1-2H3. The van der Waals surface area contributed by atoms with Crippen LogP contribution in [-0.2, 0) is 0 Å². The topological polar surface area (TPSA) is 72.6 Å². The fourth-order valence-electron chi connectivity index (χ4n) is 1.26. The van der Waals surface area contributed by atoms with Crippen LogP contribution in [0.3, 0.4) is 0 Å². The Balaban J connectivity index is 3.16. The maximum absolute atomic E-state index is 10.7. The normalized spacial score (nSPS) is 12.2. The van der Waals surface area contributed by atoms with E-state index in [1.54, 1.807) is 19.1 Å². The molecule has 0 amide bonds. The number of methoxy groups -OCH3 is 1. The molecule has 0 aliphatic carbocycles. The van der Waals surface area contributed by atoms with Gasteiger partial charge in [0, 0.05) is 18.6 Å². The van der Waals surface area contributed by atoms with Crippen molar-refractivity contribution in [3.05, 3.63) is 33.9 Å². The van der Waals surface area contributed by atoms with E-state index in [4.69, 9.17) is 9.84 Å². The minimum atomic E-state index is -0.494. The third-order valence-corrected chi connectivity index (χ3v) is 2.24. The van der Waals surface area contributed by atoms with E-state index in [-0.39, 0.29) is 24.0 Å². The number of benzene rings is 1. The van der Waals surface area contributed by atoms with Gasteiger partial charge in [-0.3, -0.25) is 10.1 Å². The summed E-state index contributed by atoms with van der Waals surface area (Å²) in [7, 11) is 1.39. The smallest absolute Gasteiger partial charge is 0.311 e. The molecule has 0 spiro atoms. The summed E-state index contributed by atoms with van der Waals surface area (Å²) >= 11 is 0. The van der Waals surface area contributed by atoms with Gasteiger partial charge < -0.3 is 9.84 Å². The van der Waals surface area contributed by atoms with E-state index in [1.807, 2.05) is 0 Å². The van der Waals surface area contributed by atoms with Crippen molar-refractivity contribution in [2.45, 2.75) is 12.8 Å². The first-order valence-corrected chi connectivity index (χ1v) is 4.53. The maximum atomic E-state index is 10.7. The summed E-state index contributed by atoms with van der Waals surface area (Å²) in [6.45, 7) is 1.76. The first kappa shape index (κ1) is 11.5. The zero-order chi connectivity index (χ0) is 11.4. The van der Waals surface area contributed by atoms with Crippen molar-refractivity contribution in [2.24, 2.45) is 0 Å². The highest BCUT2D eigenvalue weighted by Gasteiger charge is 2.16. The van der Waals surface area contributed by atoms with Crippen LogP contribution in [0.4, 0.5) is 5.69 Å². The molecule has 0 aliphatic rings. The minimum Gasteiger partial charge on any atom is -0.490 e. The Morgan fingerprint density at radius 2 is 2.27 bits per heavy atom. The number of aliphatic hydroxyl groups is 1. The fourth-order valence-corrected chi connectivity index (χ4v) is 1.26. The summed E-state index contributed by atoms with van der Waals surface area (Å²) in [5, 5.41) is 19.6. The van der Waals surface area contributed by atoms with E-state index < -0.39 is 4.92 Å². The molecule has 0 saturated heterocycles. The van der Waals surface area contributed by atoms with Crippen LogP contribution in [0.1, 0.15) is 18.4 Å². The lowest BCUT2D eigenvalue weighted by Crippen LogP contribution is -2.01. The third-order valence-electron chi connectivity index (χ3n) is 2.24. The molecule has 1 rings (SSSR count). The van der Waals surface area contributed by atoms with Gasteiger partial charge in [0.15, 0.2) is 5.75 Å². The summed E-state index contributed by atoms with van der Waals surface area (Å²) in [5.41, 5.74) is 0.653. The van der Waals surface area contributed by atoms with Gasteiger partial charge in [-0.05, 0) is 11.6 Å². The molecule has 1 unspecified atom stereocenters. The van der Waals surface area contributed by atoms with Gasteiger partial charge in [0.05, 0.1) is 12.0 Å². The van der Waals surface area contributed by atoms with E-state index >= 15 is 0 Å². The second-order valence-corrected chi connectivity index (χ2v) is 3.27. The Morgan fingerprint density at radius 1 is 1.60 bits per heavy atom. The van der Waals surface area contributed by atoms with Crippen LogP contribution in [0.2, 0.25) is 0 Å². The molecule has 5 nitrogen and oxygen atoms in total. The Labute approximate surface area is 87.5 Å². The summed E-state index contributed by atoms with van der Waals surface area (Å²) in [5.74, 6) is 0.114. The van der Waals surface area contributed by atoms with E-state index in [1.165, 1.54) is 13.2 Å². The average molecular weight is 211 g/mol. The molecule has 1 aromatic rings. The predicted molar refractivity (Wildman–Crippen MR) is 55.1 cm³/mol. The van der Waals surface area contributed by atoms with Crippen molar-refractivity contribution in [1.82, 2.24) is 0 Å². The molecular weight excluding hydrogens is 198 g/mol. The van der Waals surface area contributed by atoms with Crippen LogP contribution in [0, 0.1) is 10.1 Å². The van der Waals surface area contributed by atoms with Crippen LogP contribution < -0.4 is 4.74 Å². The van der Waals surface area contributed by atoms with E-state index in [0.717, 1.165) is 5.56 Å².